The lowest BCUT2D eigenvalue weighted by molar-refractivity contribution is -0.164. The summed E-state index contributed by atoms with van der Waals surface area (Å²) in [6.07, 6.45) is 4.38. The highest BCUT2D eigenvalue weighted by Crippen LogP contribution is 2.40. The van der Waals surface area contributed by atoms with E-state index in [4.69, 9.17) is 14.2 Å². The lowest BCUT2D eigenvalue weighted by Crippen LogP contribution is -2.36. The van der Waals surface area contributed by atoms with Gasteiger partial charge >= 0.3 is 11.9 Å². The van der Waals surface area contributed by atoms with Crippen LogP contribution in [0, 0.1) is 11.3 Å². The average Bonchev–Trinajstić information content (AvgIpc) is 3.49. The second-order valence-corrected chi connectivity index (χ2v) is 10.5. The Morgan fingerprint density at radius 1 is 1.17 bits per heavy atom. The van der Waals surface area contributed by atoms with Crippen LogP contribution in [-0.2, 0) is 23.8 Å². The standard InChI is InChI=1S/C23H30O5S/c1-23(2)14-27-22(25)20(23)28-21(24)19(13-15-9-11-26-12-10-15)16-3-5-17(6-4-16)29-18-7-8-18/h3-6,15,18-20H,7-14H2,1-2H3/t19-,20+/m1/s1. The number of benzene rings is 1. The maximum absolute atomic E-state index is 13.2. The van der Waals surface area contributed by atoms with E-state index in [-0.39, 0.29) is 18.5 Å². The molecular weight excluding hydrogens is 388 g/mol. The van der Waals surface area contributed by atoms with Crippen LogP contribution < -0.4 is 0 Å². The quantitative estimate of drug-likeness (QED) is 0.614. The van der Waals surface area contributed by atoms with Crippen molar-refractivity contribution in [2.75, 3.05) is 19.8 Å². The van der Waals surface area contributed by atoms with Gasteiger partial charge in [0.05, 0.1) is 5.92 Å². The minimum Gasteiger partial charge on any atom is -0.462 e. The van der Waals surface area contributed by atoms with E-state index < -0.39 is 17.5 Å². The Labute approximate surface area is 176 Å². The Hall–Kier alpha value is -1.53. The third-order valence-electron chi connectivity index (χ3n) is 6.05. The lowest BCUT2D eigenvalue weighted by atomic mass is 9.84. The van der Waals surface area contributed by atoms with Gasteiger partial charge < -0.3 is 14.2 Å². The van der Waals surface area contributed by atoms with Gasteiger partial charge in [0, 0.05) is 28.8 Å². The number of carbonyl (C=O) groups excluding carboxylic acids is 2. The largest absolute Gasteiger partial charge is 0.462 e. The Balaban J connectivity index is 1.50. The zero-order valence-corrected chi connectivity index (χ0v) is 18.0. The van der Waals surface area contributed by atoms with Gasteiger partial charge in [0.25, 0.3) is 0 Å². The summed E-state index contributed by atoms with van der Waals surface area (Å²) >= 11 is 1.91. The first kappa shape index (κ1) is 20.7. The van der Waals surface area contributed by atoms with Gasteiger partial charge in [0.1, 0.15) is 6.61 Å². The highest BCUT2D eigenvalue weighted by molar-refractivity contribution is 8.00. The molecule has 0 amide bonds. The van der Waals surface area contributed by atoms with Crippen molar-refractivity contribution in [3.05, 3.63) is 29.8 Å². The normalized spacial score (nSPS) is 25.4. The van der Waals surface area contributed by atoms with Crippen LogP contribution in [0.1, 0.15) is 57.4 Å². The summed E-state index contributed by atoms with van der Waals surface area (Å²) in [5.41, 5.74) is 0.464. The molecular formula is C23H30O5S. The smallest absolute Gasteiger partial charge is 0.348 e. The van der Waals surface area contributed by atoms with Gasteiger partial charge in [-0.3, -0.25) is 4.79 Å². The Morgan fingerprint density at radius 2 is 1.86 bits per heavy atom. The number of rotatable bonds is 7. The third-order valence-corrected chi connectivity index (χ3v) is 7.40. The number of hydrogen-bond acceptors (Lipinski definition) is 6. The summed E-state index contributed by atoms with van der Waals surface area (Å²) in [4.78, 5) is 26.6. The van der Waals surface area contributed by atoms with E-state index in [0.717, 1.165) is 43.3 Å². The molecule has 3 fully saturated rings. The second-order valence-electron chi connectivity index (χ2n) is 9.14. The molecule has 0 unspecified atom stereocenters. The molecule has 3 aliphatic rings. The lowest BCUT2D eigenvalue weighted by Gasteiger charge is -2.28. The van der Waals surface area contributed by atoms with Crippen molar-refractivity contribution in [2.45, 2.75) is 68.1 Å². The van der Waals surface area contributed by atoms with Gasteiger partial charge in [0.2, 0.25) is 6.10 Å². The maximum Gasteiger partial charge on any atom is 0.348 e. The average molecular weight is 419 g/mol. The van der Waals surface area contributed by atoms with Crippen LogP contribution in [0.25, 0.3) is 0 Å². The number of hydrogen-bond donors (Lipinski definition) is 0. The molecule has 1 aromatic rings. The molecule has 4 rings (SSSR count). The van der Waals surface area contributed by atoms with Crippen LogP contribution in [0.4, 0.5) is 0 Å². The number of esters is 2. The Bertz CT molecular complexity index is 734. The zero-order chi connectivity index (χ0) is 20.4. The first-order valence-electron chi connectivity index (χ1n) is 10.6. The van der Waals surface area contributed by atoms with E-state index in [2.05, 4.69) is 12.1 Å². The molecule has 0 spiro atoms. The fourth-order valence-electron chi connectivity index (χ4n) is 3.97. The molecule has 0 N–H and O–H groups in total. The summed E-state index contributed by atoms with van der Waals surface area (Å²) in [5.74, 6) is -0.715. The van der Waals surface area contributed by atoms with E-state index >= 15 is 0 Å². The molecule has 1 saturated carbocycles. The molecule has 2 saturated heterocycles. The van der Waals surface area contributed by atoms with E-state index in [1.54, 1.807) is 0 Å². The molecule has 2 atom stereocenters. The number of ether oxygens (including phenoxy) is 3. The van der Waals surface area contributed by atoms with Gasteiger partial charge in [-0.1, -0.05) is 26.0 Å². The van der Waals surface area contributed by atoms with E-state index in [9.17, 15) is 9.59 Å². The van der Waals surface area contributed by atoms with E-state index in [1.807, 2.05) is 37.7 Å². The molecule has 1 aliphatic carbocycles. The van der Waals surface area contributed by atoms with Crippen molar-refractivity contribution < 1.29 is 23.8 Å². The molecule has 0 aromatic heterocycles. The van der Waals surface area contributed by atoms with Crippen molar-refractivity contribution in [2.24, 2.45) is 11.3 Å². The fraction of sp³-hybridized carbons (Fsp3) is 0.652. The minimum absolute atomic E-state index is 0.279. The van der Waals surface area contributed by atoms with Crippen LogP contribution in [0.3, 0.4) is 0 Å². The number of carbonyl (C=O) groups is 2. The molecule has 29 heavy (non-hydrogen) atoms. The molecule has 158 valence electrons. The maximum atomic E-state index is 13.2. The van der Waals surface area contributed by atoms with Gasteiger partial charge in [-0.2, -0.15) is 0 Å². The Kier molecular flexibility index (Phi) is 6.21. The van der Waals surface area contributed by atoms with Crippen molar-refractivity contribution in [3.8, 4) is 0 Å². The van der Waals surface area contributed by atoms with Crippen LogP contribution in [0.2, 0.25) is 0 Å². The van der Waals surface area contributed by atoms with Gasteiger partial charge in [-0.15, -0.1) is 11.8 Å². The van der Waals surface area contributed by atoms with Gasteiger partial charge in [-0.05, 0) is 55.7 Å². The topological polar surface area (TPSA) is 61.8 Å². The summed E-state index contributed by atoms with van der Waals surface area (Å²) in [6.45, 7) is 5.55. The molecule has 2 aliphatic heterocycles. The number of cyclic esters (lactones) is 1. The van der Waals surface area contributed by atoms with Crippen LogP contribution in [-0.4, -0.2) is 43.1 Å². The molecule has 2 heterocycles. The predicted octanol–water partition coefficient (Wildman–Crippen LogP) is 4.34. The minimum atomic E-state index is -0.836. The summed E-state index contributed by atoms with van der Waals surface area (Å²) < 4.78 is 16.4. The summed E-state index contributed by atoms with van der Waals surface area (Å²) in [7, 11) is 0. The second kappa shape index (κ2) is 8.68. The highest BCUT2D eigenvalue weighted by Gasteiger charge is 2.47. The molecule has 5 nitrogen and oxygen atoms in total. The molecule has 0 bridgehead atoms. The van der Waals surface area contributed by atoms with E-state index in [1.165, 1.54) is 17.7 Å². The van der Waals surface area contributed by atoms with Crippen LogP contribution >= 0.6 is 11.8 Å². The Morgan fingerprint density at radius 3 is 2.45 bits per heavy atom. The van der Waals surface area contributed by atoms with Crippen molar-refractivity contribution in [1.82, 2.24) is 0 Å². The monoisotopic (exact) mass is 418 g/mol. The third kappa shape index (κ3) is 5.15. The van der Waals surface area contributed by atoms with E-state index in [0.29, 0.717) is 5.92 Å². The molecule has 1 aromatic carbocycles. The number of thioether (sulfide) groups is 1. The van der Waals surface area contributed by atoms with Crippen LogP contribution in [0.15, 0.2) is 29.2 Å². The first-order chi connectivity index (χ1) is 13.9. The predicted molar refractivity (Wildman–Crippen MR) is 111 cm³/mol. The van der Waals surface area contributed by atoms with Gasteiger partial charge in [0.15, 0.2) is 0 Å². The first-order valence-corrected chi connectivity index (χ1v) is 11.5. The van der Waals surface area contributed by atoms with Crippen LogP contribution in [0.5, 0.6) is 0 Å². The molecule has 6 heteroatoms. The van der Waals surface area contributed by atoms with Crippen molar-refractivity contribution in [1.29, 1.82) is 0 Å². The summed E-state index contributed by atoms with van der Waals surface area (Å²) in [5, 5.41) is 0.750. The zero-order valence-electron chi connectivity index (χ0n) is 17.2. The van der Waals surface area contributed by atoms with Gasteiger partial charge in [-0.25, -0.2) is 4.79 Å². The summed E-state index contributed by atoms with van der Waals surface area (Å²) in [6, 6.07) is 8.31. The fourth-order valence-corrected chi connectivity index (χ4v) is 5.02. The van der Waals surface area contributed by atoms with Crippen molar-refractivity contribution in [3.63, 3.8) is 0 Å². The SMILES string of the molecule is CC1(C)COC(=O)[C@@H]1OC(=O)[C@H](CC1CCOCC1)c1ccc(SC2CC2)cc1. The highest BCUT2D eigenvalue weighted by atomic mass is 32.2. The molecule has 0 radical (unpaired) electrons. The van der Waals surface area contributed by atoms with Crippen molar-refractivity contribution >= 4 is 23.7 Å².